The van der Waals surface area contributed by atoms with Crippen molar-refractivity contribution in [3.8, 4) is 16.2 Å². The summed E-state index contributed by atoms with van der Waals surface area (Å²) < 4.78 is 0. The van der Waals surface area contributed by atoms with Crippen LogP contribution in [-0.2, 0) is 0 Å². The van der Waals surface area contributed by atoms with E-state index in [-0.39, 0.29) is 11.7 Å². The van der Waals surface area contributed by atoms with E-state index in [1.165, 1.54) is 11.3 Å². The predicted molar refractivity (Wildman–Crippen MR) is 111 cm³/mol. The molecule has 3 aromatic rings. The van der Waals surface area contributed by atoms with Gasteiger partial charge in [-0.1, -0.05) is 23.7 Å². The number of piperazine rings is 1. The molecule has 1 N–H and O–H groups in total. The van der Waals surface area contributed by atoms with Crippen LogP contribution in [0.2, 0.25) is 5.02 Å². The van der Waals surface area contributed by atoms with Gasteiger partial charge in [0.1, 0.15) is 5.75 Å². The van der Waals surface area contributed by atoms with Gasteiger partial charge in [-0.15, -0.1) is 11.3 Å². The maximum absolute atomic E-state index is 12.8. The lowest BCUT2D eigenvalue weighted by molar-refractivity contribution is 0.0751. The van der Waals surface area contributed by atoms with E-state index in [0.717, 1.165) is 34.1 Å². The van der Waals surface area contributed by atoms with Gasteiger partial charge in [0.15, 0.2) is 0 Å². The van der Waals surface area contributed by atoms with Crippen LogP contribution < -0.4 is 4.90 Å². The highest BCUT2D eigenvalue weighted by atomic mass is 35.5. The number of halogens is 1. The molecule has 4 rings (SSSR count). The van der Waals surface area contributed by atoms with Gasteiger partial charge >= 0.3 is 0 Å². The van der Waals surface area contributed by atoms with Gasteiger partial charge < -0.3 is 14.9 Å². The zero-order valence-electron chi connectivity index (χ0n) is 14.6. The Bertz CT molecular complexity index is 930. The van der Waals surface area contributed by atoms with Crippen LogP contribution in [0, 0.1) is 0 Å². The van der Waals surface area contributed by atoms with Gasteiger partial charge in [0.2, 0.25) is 0 Å². The number of phenols is 1. The lowest BCUT2D eigenvalue weighted by atomic mass is 10.2. The minimum Gasteiger partial charge on any atom is -0.508 e. The fraction of sp³-hybridized carbons (Fsp3) is 0.190. The van der Waals surface area contributed by atoms with E-state index in [4.69, 9.17) is 11.6 Å². The van der Waals surface area contributed by atoms with Crippen LogP contribution in [0.1, 0.15) is 9.67 Å². The molecule has 0 radical (unpaired) electrons. The molecular weight excluding hydrogens is 380 g/mol. The van der Waals surface area contributed by atoms with Crippen molar-refractivity contribution in [3.05, 3.63) is 70.6 Å². The number of phenolic OH excluding ortho intramolecular Hbond substituents is 1. The van der Waals surface area contributed by atoms with E-state index in [1.807, 2.05) is 53.4 Å². The molecule has 0 unspecified atom stereocenters. The molecule has 0 atom stereocenters. The van der Waals surface area contributed by atoms with Crippen molar-refractivity contribution in [2.45, 2.75) is 0 Å². The van der Waals surface area contributed by atoms with Crippen molar-refractivity contribution in [3.63, 3.8) is 0 Å². The molecule has 27 heavy (non-hydrogen) atoms. The van der Waals surface area contributed by atoms with Crippen LogP contribution in [0.25, 0.3) is 10.4 Å². The number of carbonyl (C=O) groups is 1. The Morgan fingerprint density at radius 1 is 0.889 bits per heavy atom. The number of carbonyl (C=O) groups excluding carboxylic acids is 1. The summed E-state index contributed by atoms with van der Waals surface area (Å²) >= 11 is 7.46. The smallest absolute Gasteiger partial charge is 0.264 e. The average molecular weight is 399 g/mol. The summed E-state index contributed by atoms with van der Waals surface area (Å²) in [5, 5.41) is 10.1. The van der Waals surface area contributed by atoms with E-state index in [0.29, 0.717) is 18.1 Å². The fourth-order valence-electron chi connectivity index (χ4n) is 3.21. The second kappa shape index (κ2) is 7.62. The quantitative estimate of drug-likeness (QED) is 0.693. The summed E-state index contributed by atoms with van der Waals surface area (Å²) in [6.45, 7) is 2.94. The van der Waals surface area contributed by atoms with Gasteiger partial charge in [0.25, 0.3) is 5.91 Å². The van der Waals surface area contributed by atoms with E-state index in [1.54, 1.807) is 12.1 Å². The fourth-order valence-corrected chi connectivity index (χ4v) is 4.31. The molecule has 6 heteroatoms. The monoisotopic (exact) mass is 398 g/mol. The number of nitrogens with zero attached hydrogens (tertiary/aromatic N) is 2. The SMILES string of the molecule is O=C(c1ccc(-c2ccc(Cl)cc2)s1)N1CCN(c2ccc(O)cc2)CC1. The molecule has 0 aliphatic carbocycles. The molecule has 0 spiro atoms. The normalized spacial score (nSPS) is 14.4. The molecule has 1 fully saturated rings. The third-order valence-corrected chi connectivity index (χ3v) is 6.10. The summed E-state index contributed by atoms with van der Waals surface area (Å²) in [5.74, 6) is 0.354. The number of amides is 1. The third-order valence-electron chi connectivity index (χ3n) is 4.73. The molecule has 1 aliphatic heterocycles. The van der Waals surface area contributed by atoms with Gasteiger partial charge in [-0.25, -0.2) is 0 Å². The maximum atomic E-state index is 12.8. The van der Waals surface area contributed by atoms with E-state index < -0.39 is 0 Å². The number of aromatic hydroxyl groups is 1. The first-order valence-corrected chi connectivity index (χ1v) is 9.98. The Balaban J connectivity index is 1.41. The summed E-state index contributed by atoms with van der Waals surface area (Å²) in [4.78, 5) is 18.8. The van der Waals surface area contributed by atoms with Crippen LogP contribution in [0.15, 0.2) is 60.7 Å². The Hall–Kier alpha value is -2.50. The van der Waals surface area contributed by atoms with Crippen molar-refractivity contribution in [1.82, 2.24) is 4.90 Å². The van der Waals surface area contributed by atoms with Crippen LogP contribution in [-0.4, -0.2) is 42.1 Å². The molecule has 4 nitrogen and oxygen atoms in total. The molecule has 2 heterocycles. The molecule has 1 saturated heterocycles. The first-order valence-electron chi connectivity index (χ1n) is 8.79. The molecule has 2 aromatic carbocycles. The standard InChI is InChI=1S/C21H19ClN2O2S/c22-16-3-1-15(2-4-16)19-9-10-20(27-19)21(26)24-13-11-23(12-14-24)17-5-7-18(25)8-6-17/h1-10,25H,11-14H2. The van der Waals surface area contributed by atoms with E-state index in [9.17, 15) is 9.90 Å². The van der Waals surface area contributed by atoms with Crippen molar-refractivity contribution < 1.29 is 9.90 Å². The Morgan fingerprint density at radius 2 is 1.56 bits per heavy atom. The topological polar surface area (TPSA) is 43.8 Å². The largest absolute Gasteiger partial charge is 0.508 e. The van der Waals surface area contributed by atoms with Gasteiger partial charge in [0.05, 0.1) is 4.88 Å². The van der Waals surface area contributed by atoms with Crippen molar-refractivity contribution >= 4 is 34.5 Å². The highest BCUT2D eigenvalue weighted by molar-refractivity contribution is 7.17. The lowest BCUT2D eigenvalue weighted by Gasteiger charge is -2.36. The Kier molecular flexibility index (Phi) is 5.05. The molecule has 1 amide bonds. The summed E-state index contributed by atoms with van der Waals surface area (Å²) in [5.41, 5.74) is 2.14. The molecule has 138 valence electrons. The third kappa shape index (κ3) is 3.94. The highest BCUT2D eigenvalue weighted by Crippen LogP contribution is 2.30. The predicted octanol–water partition coefficient (Wildman–Crippen LogP) is 4.74. The first-order chi connectivity index (χ1) is 13.1. The second-order valence-corrected chi connectivity index (χ2v) is 7.99. The lowest BCUT2D eigenvalue weighted by Crippen LogP contribution is -2.48. The highest BCUT2D eigenvalue weighted by Gasteiger charge is 2.23. The minimum absolute atomic E-state index is 0.0885. The zero-order chi connectivity index (χ0) is 18.8. The van der Waals surface area contributed by atoms with Crippen molar-refractivity contribution in [1.29, 1.82) is 0 Å². The van der Waals surface area contributed by atoms with E-state index in [2.05, 4.69) is 4.90 Å². The molecule has 0 bridgehead atoms. The number of anilines is 1. The van der Waals surface area contributed by atoms with Crippen LogP contribution in [0.5, 0.6) is 5.75 Å². The van der Waals surface area contributed by atoms with Gasteiger partial charge in [-0.3, -0.25) is 4.79 Å². The second-order valence-electron chi connectivity index (χ2n) is 6.47. The summed E-state index contributed by atoms with van der Waals surface area (Å²) in [7, 11) is 0. The molecule has 1 aromatic heterocycles. The van der Waals surface area contributed by atoms with Crippen LogP contribution in [0.3, 0.4) is 0 Å². The van der Waals surface area contributed by atoms with Crippen molar-refractivity contribution in [2.24, 2.45) is 0 Å². The average Bonchev–Trinajstić information content (AvgIpc) is 3.19. The molecular formula is C21H19ClN2O2S. The Morgan fingerprint density at radius 3 is 2.22 bits per heavy atom. The number of benzene rings is 2. The number of hydrogen-bond acceptors (Lipinski definition) is 4. The van der Waals surface area contributed by atoms with Gasteiger partial charge in [-0.2, -0.15) is 0 Å². The summed E-state index contributed by atoms with van der Waals surface area (Å²) in [6.07, 6.45) is 0. The van der Waals surface area contributed by atoms with Crippen molar-refractivity contribution in [2.75, 3.05) is 31.1 Å². The first kappa shape index (κ1) is 17.9. The maximum Gasteiger partial charge on any atom is 0.264 e. The zero-order valence-corrected chi connectivity index (χ0v) is 16.2. The molecule has 0 saturated carbocycles. The number of thiophene rings is 1. The van der Waals surface area contributed by atoms with E-state index >= 15 is 0 Å². The molecule has 1 aliphatic rings. The number of rotatable bonds is 3. The van der Waals surface area contributed by atoms with Crippen LogP contribution in [0.4, 0.5) is 5.69 Å². The Labute approximate surface area is 167 Å². The van der Waals surface area contributed by atoms with Crippen LogP contribution >= 0.6 is 22.9 Å². The minimum atomic E-state index is 0.0885. The summed E-state index contributed by atoms with van der Waals surface area (Å²) in [6, 6.07) is 18.8. The van der Waals surface area contributed by atoms with Gasteiger partial charge in [0, 0.05) is 41.8 Å². The van der Waals surface area contributed by atoms with Gasteiger partial charge in [-0.05, 0) is 54.1 Å². The number of hydrogen-bond donors (Lipinski definition) is 1.